The Bertz CT molecular complexity index is 843. The van der Waals surface area contributed by atoms with Crippen LogP contribution >= 0.6 is 11.8 Å². The van der Waals surface area contributed by atoms with Gasteiger partial charge >= 0.3 is 12.2 Å². The van der Waals surface area contributed by atoms with Crippen LogP contribution in [0.2, 0.25) is 0 Å². The summed E-state index contributed by atoms with van der Waals surface area (Å²) in [6, 6.07) is 1.96. The molecule has 0 aromatic heterocycles. The fraction of sp³-hybridized carbons (Fsp3) is 0.500. The number of methoxy groups -OCH3 is 1. The van der Waals surface area contributed by atoms with Crippen LogP contribution in [-0.4, -0.2) is 66.7 Å². The molecule has 2 N–H and O–H groups in total. The summed E-state index contributed by atoms with van der Waals surface area (Å²) in [6.45, 7) is -0.375. The minimum Gasteiger partial charge on any atom is -0.489 e. The van der Waals surface area contributed by atoms with Gasteiger partial charge in [0.1, 0.15) is 24.4 Å². The third-order valence-corrected chi connectivity index (χ3v) is 5.88. The van der Waals surface area contributed by atoms with Gasteiger partial charge in [0.2, 0.25) is 5.91 Å². The molecule has 1 atom stereocenters. The first kappa shape index (κ1) is 22.2. The van der Waals surface area contributed by atoms with Gasteiger partial charge < -0.3 is 20.1 Å². The molecule has 0 bridgehead atoms. The summed E-state index contributed by atoms with van der Waals surface area (Å²) in [5.41, 5.74) is -2.20. The van der Waals surface area contributed by atoms with Crippen LogP contribution in [0.5, 0.6) is 5.75 Å². The molecule has 3 rings (SSSR count). The average molecular weight is 447 g/mol. The van der Waals surface area contributed by atoms with Crippen molar-refractivity contribution in [2.75, 3.05) is 43.7 Å². The third kappa shape index (κ3) is 4.64. The number of thioether (sulfide) groups is 1. The van der Waals surface area contributed by atoms with Gasteiger partial charge in [-0.2, -0.15) is 24.9 Å². The average Bonchev–Trinajstić information content (AvgIpc) is 3.23. The molecule has 4 amide bonds. The Morgan fingerprint density at radius 1 is 1.33 bits per heavy atom. The summed E-state index contributed by atoms with van der Waals surface area (Å²) in [7, 11) is 1.44. The molecule has 164 valence electrons. The molecule has 0 aliphatic carbocycles. The lowest BCUT2D eigenvalue weighted by atomic mass is 9.99. The van der Waals surface area contributed by atoms with Gasteiger partial charge in [0.05, 0.1) is 17.9 Å². The van der Waals surface area contributed by atoms with E-state index in [1.807, 2.05) is 0 Å². The molecule has 0 radical (unpaired) electrons. The highest BCUT2D eigenvalue weighted by molar-refractivity contribution is 7.99. The second-order valence-electron chi connectivity index (χ2n) is 6.80. The van der Waals surface area contributed by atoms with E-state index in [1.165, 1.54) is 18.9 Å². The first-order valence-electron chi connectivity index (χ1n) is 9.01. The van der Waals surface area contributed by atoms with E-state index in [0.29, 0.717) is 17.9 Å². The first-order valence-corrected chi connectivity index (χ1v) is 10.2. The molecule has 1 aromatic carbocycles. The normalized spacial score (nSPS) is 21.3. The van der Waals surface area contributed by atoms with Gasteiger partial charge in [-0.3, -0.25) is 14.5 Å². The molecular formula is C18H20F3N3O5S. The SMILES string of the molecule is COCCOc1ccc(C(F)(F)F)cc1NC(=O)CN1C(=O)N[C@@]2(CCSC2)C1=O. The Morgan fingerprint density at radius 3 is 2.73 bits per heavy atom. The van der Waals surface area contributed by atoms with E-state index in [2.05, 4.69) is 10.6 Å². The van der Waals surface area contributed by atoms with E-state index in [1.54, 1.807) is 0 Å². The summed E-state index contributed by atoms with van der Waals surface area (Å²) >= 11 is 1.52. The van der Waals surface area contributed by atoms with Crippen LogP contribution in [0.1, 0.15) is 12.0 Å². The summed E-state index contributed by atoms with van der Waals surface area (Å²) in [4.78, 5) is 38.0. The summed E-state index contributed by atoms with van der Waals surface area (Å²) < 4.78 is 49.4. The van der Waals surface area contributed by atoms with Gasteiger partial charge in [-0.05, 0) is 30.4 Å². The number of nitrogens with zero attached hydrogens (tertiary/aromatic N) is 1. The van der Waals surface area contributed by atoms with Crippen molar-refractivity contribution in [3.05, 3.63) is 23.8 Å². The highest BCUT2D eigenvalue weighted by atomic mass is 32.2. The minimum atomic E-state index is -4.62. The second-order valence-corrected chi connectivity index (χ2v) is 7.91. The Hall–Kier alpha value is -2.47. The fourth-order valence-corrected chi connectivity index (χ4v) is 4.48. The van der Waals surface area contributed by atoms with E-state index < -0.39 is 41.7 Å². The zero-order valence-corrected chi connectivity index (χ0v) is 16.8. The first-order chi connectivity index (χ1) is 14.2. The molecule has 30 heavy (non-hydrogen) atoms. The quantitative estimate of drug-likeness (QED) is 0.491. The van der Waals surface area contributed by atoms with E-state index in [0.717, 1.165) is 23.1 Å². The van der Waals surface area contributed by atoms with Gasteiger partial charge in [0, 0.05) is 12.9 Å². The Kier molecular flexibility index (Phi) is 6.46. The molecule has 2 aliphatic rings. The van der Waals surface area contributed by atoms with E-state index in [4.69, 9.17) is 9.47 Å². The van der Waals surface area contributed by atoms with E-state index in [9.17, 15) is 27.6 Å². The van der Waals surface area contributed by atoms with Crippen molar-refractivity contribution in [3.63, 3.8) is 0 Å². The zero-order chi connectivity index (χ0) is 21.9. The molecule has 12 heteroatoms. The maximum absolute atomic E-state index is 13.1. The monoisotopic (exact) mass is 447 g/mol. The smallest absolute Gasteiger partial charge is 0.416 e. The number of carbonyl (C=O) groups excluding carboxylic acids is 3. The van der Waals surface area contributed by atoms with Crippen molar-refractivity contribution < 1.29 is 37.0 Å². The molecule has 1 aromatic rings. The van der Waals surface area contributed by atoms with Crippen LogP contribution in [0.3, 0.4) is 0 Å². The lowest BCUT2D eigenvalue weighted by Crippen LogP contribution is -2.47. The number of ether oxygens (including phenoxy) is 2. The molecular weight excluding hydrogens is 427 g/mol. The Balaban J connectivity index is 1.74. The van der Waals surface area contributed by atoms with Crippen LogP contribution in [0, 0.1) is 0 Å². The van der Waals surface area contributed by atoms with Crippen LogP contribution in [0.4, 0.5) is 23.7 Å². The van der Waals surface area contributed by atoms with Crippen LogP contribution in [0.15, 0.2) is 18.2 Å². The van der Waals surface area contributed by atoms with Crippen molar-refractivity contribution in [1.82, 2.24) is 10.2 Å². The summed E-state index contributed by atoms with van der Waals surface area (Å²) in [6.07, 6.45) is -4.16. The number of hydrogen-bond donors (Lipinski definition) is 2. The Morgan fingerprint density at radius 2 is 2.10 bits per heavy atom. The molecule has 2 heterocycles. The number of amides is 4. The van der Waals surface area contributed by atoms with Crippen molar-refractivity contribution in [1.29, 1.82) is 0 Å². The highest BCUT2D eigenvalue weighted by Crippen LogP contribution is 2.36. The number of rotatable bonds is 7. The molecule has 0 saturated carbocycles. The maximum Gasteiger partial charge on any atom is 0.416 e. The number of hydrogen-bond acceptors (Lipinski definition) is 6. The predicted molar refractivity (Wildman–Crippen MR) is 102 cm³/mol. The minimum absolute atomic E-state index is 0.00858. The maximum atomic E-state index is 13.1. The second kappa shape index (κ2) is 8.72. The van der Waals surface area contributed by atoms with Crippen molar-refractivity contribution >= 4 is 35.3 Å². The molecule has 2 fully saturated rings. The van der Waals surface area contributed by atoms with Gasteiger partial charge in [-0.15, -0.1) is 0 Å². The van der Waals surface area contributed by atoms with Crippen LogP contribution < -0.4 is 15.4 Å². The summed E-state index contributed by atoms with van der Waals surface area (Å²) in [5, 5.41) is 4.94. The number of carbonyl (C=O) groups is 3. The van der Waals surface area contributed by atoms with E-state index >= 15 is 0 Å². The molecule has 8 nitrogen and oxygen atoms in total. The fourth-order valence-electron chi connectivity index (χ4n) is 3.15. The topological polar surface area (TPSA) is 97.0 Å². The van der Waals surface area contributed by atoms with Crippen LogP contribution in [0.25, 0.3) is 0 Å². The predicted octanol–water partition coefficient (Wildman–Crippen LogP) is 2.10. The number of halogens is 3. The van der Waals surface area contributed by atoms with Gasteiger partial charge in [-0.25, -0.2) is 4.79 Å². The lowest BCUT2D eigenvalue weighted by molar-refractivity contribution is -0.137. The number of urea groups is 1. The lowest BCUT2D eigenvalue weighted by Gasteiger charge is -2.19. The van der Waals surface area contributed by atoms with Gasteiger partial charge in [0.15, 0.2) is 0 Å². The summed E-state index contributed by atoms with van der Waals surface area (Å²) in [5.74, 6) is -0.196. The molecule has 1 spiro atoms. The van der Waals surface area contributed by atoms with Crippen molar-refractivity contribution in [2.45, 2.75) is 18.1 Å². The zero-order valence-electron chi connectivity index (χ0n) is 16.0. The Labute approximate surface area is 174 Å². The molecule has 0 unspecified atom stereocenters. The molecule has 2 saturated heterocycles. The standard InChI is InChI=1S/C18H20F3N3O5S/c1-28-5-6-29-13-3-2-11(18(19,20)21)8-12(13)22-14(25)9-24-15(26)17(23-16(24)27)4-7-30-10-17/h2-3,8H,4-7,9-10H2,1H3,(H,22,25)(H,23,27)/t17-/m1/s1. The number of alkyl halides is 3. The van der Waals surface area contributed by atoms with Crippen molar-refractivity contribution in [2.24, 2.45) is 0 Å². The van der Waals surface area contributed by atoms with Gasteiger partial charge in [-0.1, -0.05) is 0 Å². The third-order valence-electron chi connectivity index (χ3n) is 4.70. The number of imide groups is 1. The number of anilines is 1. The largest absolute Gasteiger partial charge is 0.489 e. The number of benzene rings is 1. The van der Waals surface area contributed by atoms with Crippen LogP contribution in [-0.2, 0) is 20.5 Å². The van der Waals surface area contributed by atoms with Gasteiger partial charge in [0.25, 0.3) is 5.91 Å². The number of nitrogens with one attached hydrogen (secondary N) is 2. The highest BCUT2D eigenvalue weighted by Gasteiger charge is 2.53. The van der Waals surface area contributed by atoms with Crippen molar-refractivity contribution in [3.8, 4) is 5.75 Å². The molecule has 2 aliphatic heterocycles. The van der Waals surface area contributed by atoms with E-state index in [-0.39, 0.29) is 24.7 Å².